The highest BCUT2D eigenvalue weighted by Crippen LogP contribution is 2.16. The van der Waals surface area contributed by atoms with Gasteiger partial charge in [-0.2, -0.15) is 0 Å². The normalized spacial score (nSPS) is 15.7. The van der Waals surface area contributed by atoms with Gasteiger partial charge in [-0.15, -0.1) is 12.4 Å². The zero-order valence-corrected chi connectivity index (χ0v) is 16.6. The van der Waals surface area contributed by atoms with Gasteiger partial charge >= 0.3 is 0 Å². The van der Waals surface area contributed by atoms with Crippen LogP contribution in [-0.2, 0) is 10.0 Å². The Balaban J connectivity index is 0.00000312. The van der Waals surface area contributed by atoms with E-state index >= 15 is 0 Å². The molecular weight excluding hydrogens is 362 g/mol. The number of carbonyl (C=O) groups excluding carboxylic acids is 1. The van der Waals surface area contributed by atoms with E-state index in [9.17, 15) is 13.2 Å². The summed E-state index contributed by atoms with van der Waals surface area (Å²) in [5.74, 6) is 0.167. The lowest BCUT2D eigenvalue weighted by atomic mass is 10.0. The zero-order chi connectivity index (χ0) is 17.7. The van der Waals surface area contributed by atoms with Gasteiger partial charge in [0.05, 0.1) is 4.90 Å². The molecule has 1 amide bonds. The van der Waals surface area contributed by atoms with Gasteiger partial charge in [-0.05, 0) is 56.1 Å². The second-order valence-corrected chi connectivity index (χ2v) is 8.43. The summed E-state index contributed by atoms with van der Waals surface area (Å²) in [7, 11) is -1.71. The van der Waals surface area contributed by atoms with Crippen LogP contribution in [0.25, 0.3) is 0 Å². The fourth-order valence-corrected chi connectivity index (χ4v) is 3.91. The van der Waals surface area contributed by atoms with Crippen molar-refractivity contribution in [2.75, 3.05) is 26.7 Å². The number of sulfonamides is 1. The van der Waals surface area contributed by atoms with Gasteiger partial charge in [0.15, 0.2) is 0 Å². The second kappa shape index (κ2) is 9.52. The van der Waals surface area contributed by atoms with Crippen LogP contribution in [0.15, 0.2) is 29.2 Å². The van der Waals surface area contributed by atoms with Crippen LogP contribution in [0.4, 0.5) is 0 Å². The number of nitrogens with zero attached hydrogens (tertiary/aromatic N) is 1. The average Bonchev–Trinajstić information content (AvgIpc) is 2.59. The summed E-state index contributed by atoms with van der Waals surface area (Å²) in [6.45, 7) is 6.12. The van der Waals surface area contributed by atoms with E-state index in [0.29, 0.717) is 12.1 Å². The maximum Gasteiger partial charge on any atom is 0.253 e. The number of piperidine rings is 1. The largest absolute Gasteiger partial charge is 0.339 e. The van der Waals surface area contributed by atoms with Crippen molar-refractivity contribution in [3.05, 3.63) is 29.8 Å². The average molecular weight is 390 g/mol. The Hall–Kier alpha value is -1.15. The summed E-state index contributed by atoms with van der Waals surface area (Å²) in [6.07, 6.45) is 1.88. The van der Waals surface area contributed by atoms with Crippen molar-refractivity contribution >= 4 is 28.3 Å². The number of nitrogens with one attached hydrogen (secondary N) is 2. The molecule has 142 valence electrons. The van der Waals surface area contributed by atoms with E-state index < -0.39 is 10.0 Å². The van der Waals surface area contributed by atoms with Crippen LogP contribution < -0.4 is 10.0 Å². The summed E-state index contributed by atoms with van der Waals surface area (Å²) in [6, 6.07) is 6.39. The van der Waals surface area contributed by atoms with Crippen molar-refractivity contribution in [3.63, 3.8) is 0 Å². The number of hydrogen-bond acceptors (Lipinski definition) is 4. The van der Waals surface area contributed by atoms with Crippen LogP contribution in [0.2, 0.25) is 0 Å². The van der Waals surface area contributed by atoms with Gasteiger partial charge in [-0.1, -0.05) is 13.8 Å². The minimum absolute atomic E-state index is 0. The summed E-state index contributed by atoms with van der Waals surface area (Å²) in [4.78, 5) is 14.5. The van der Waals surface area contributed by atoms with E-state index in [1.54, 1.807) is 17.0 Å². The highest BCUT2D eigenvalue weighted by atomic mass is 35.5. The first-order valence-corrected chi connectivity index (χ1v) is 9.87. The number of halogens is 1. The van der Waals surface area contributed by atoms with Crippen molar-refractivity contribution in [1.82, 2.24) is 14.9 Å². The quantitative estimate of drug-likeness (QED) is 0.778. The summed E-state index contributed by atoms with van der Waals surface area (Å²) in [5.41, 5.74) is 0.513. The Morgan fingerprint density at radius 3 is 2.32 bits per heavy atom. The first-order valence-electron chi connectivity index (χ1n) is 8.39. The summed E-state index contributed by atoms with van der Waals surface area (Å²) < 4.78 is 26.9. The lowest BCUT2D eigenvalue weighted by molar-refractivity contribution is 0.0703. The van der Waals surface area contributed by atoms with E-state index in [-0.39, 0.29) is 35.2 Å². The molecule has 1 aliphatic heterocycles. The Labute approximate surface area is 156 Å². The van der Waals surface area contributed by atoms with Crippen LogP contribution >= 0.6 is 12.4 Å². The molecule has 0 radical (unpaired) electrons. The summed E-state index contributed by atoms with van der Waals surface area (Å²) in [5, 5.41) is 3.28. The van der Waals surface area contributed by atoms with Crippen molar-refractivity contribution < 1.29 is 13.2 Å². The fraction of sp³-hybridized carbons (Fsp3) is 0.588. The topological polar surface area (TPSA) is 78.5 Å². The minimum Gasteiger partial charge on any atom is -0.339 e. The molecule has 1 fully saturated rings. The number of benzene rings is 1. The molecule has 2 N–H and O–H groups in total. The minimum atomic E-state index is -3.52. The molecule has 0 aromatic heterocycles. The first kappa shape index (κ1) is 21.9. The molecule has 1 aromatic carbocycles. The fourth-order valence-electron chi connectivity index (χ4n) is 2.70. The molecule has 8 heteroatoms. The van der Waals surface area contributed by atoms with Crippen molar-refractivity contribution in [1.29, 1.82) is 0 Å². The molecule has 1 aromatic rings. The lowest BCUT2D eigenvalue weighted by Crippen LogP contribution is -2.43. The number of hydrogen-bond donors (Lipinski definition) is 2. The molecule has 1 heterocycles. The Morgan fingerprint density at radius 1 is 1.24 bits per heavy atom. The Bertz CT molecular complexity index is 656. The van der Waals surface area contributed by atoms with Gasteiger partial charge in [-0.3, -0.25) is 4.79 Å². The molecule has 1 saturated heterocycles. The molecule has 2 rings (SSSR count). The van der Waals surface area contributed by atoms with Crippen LogP contribution in [0.5, 0.6) is 0 Å². The van der Waals surface area contributed by atoms with Gasteiger partial charge in [0.2, 0.25) is 10.0 Å². The third-order valence-corrected chi connectivity index (χ3v) is 5.71. The van der Waals surface area contributed by atoms with Gasteiger partial charge in [0, 0.05) is 25.2 Å². The van der Waals surface area contributed by atoms with Gasteiger partial charge in [0.1, 0.15) is 0 Å². The number of amides is 1. The molecule has 6 nitrogen and oxygen atoms in total. The Kier molecular flexibility index (Phi) is 8.34. The highest BCUT2D eigenvalue weighted by Gasteiger charge is 2.23. The third kappa shape index (κ3) is 5.95. The second-order valence-electron chi connectivity index (χ2n) is 6.67. The van der Waals surface area contributed by atoms with Crippen LogP contribution in [0, 0.1) is 5.92 Å². The lowest BCUT2D eigenvalue weighted by Gasteiger charge is -2.31. The van der Waals surface area contributed by atoms with E-state index in [2.05, 4.69) is 10.0 Å². The standard InChI is InChI=1S/C17H27N3O3S.ClH/c1-13(2)12-19-24(22,23)16-6-4-14(5-7-16)17(21)20(3)15-8-10-18-11-9-15;/h4-7,13,15,18-19H,8-12H2,1-3H3;1H. The van der Waals surface area contributed by atoms with Crippen molar-refractivity contribution in [2.45, 2.75) is 37.6 Å². The van der Waals surface area contributed by atoms with E-state index in [1.165, 1.54) is 12.1 Å². The predicted molar refractivity (Wildman–Crippen MR) is 102 cm³/mol. The zero-order valence-electron chi connectivity index (χ0n) is 15.0. The molecule has 25 heavy (non-hydrogen) atoms. The van der Waals surface area contributed by atoms with E-state index in [0.717, 1.165) is 25.9 Å². The molecule has 0 unspecified atom stereocenters. The molecule has 0 bridgehead atoms. The first-order chi connectivity index (χ1) is 11.3. The van der Waals surface area contributed by atoms with Crippen LogP contribution in [-0.4, -0.2) is 51.9 Å². The Morgan fingerprint density at radius 2 is 1.80 bits per heavy atom. The SMILES string of the molecule is CC(C)CNS(=O)(=O)c1ccc(C(=O)N(C)C2CCNCC2)cc1.Cl. The predicted octanol–water partition coefficient (Wildman–Crippen LogP) is 1.87. The number of carbonyl (C=O) groups is 1. The van der Waals surface area contributed by atoms with E-state index in [1.807, 2.05) is 20.9 Å². The third-order valence-electron chi connectivity index (χ3n) is 4.27. The van der Waals surface area contributed by atoms with Crippen LogP contribution in [0.3, 0.4) is 0 Å². The maximum atomic E-state index is 12.6. The van der Waals surface area contributed by atoms with Gasteiger partial charge in [-0.25, -0.2) is 13.1 Å². The number of rotatable bonds is 6. The monoisotopic (exact) mass is 389 g/mol. The smallest absolute Gasteiger partial charge is 0.253 e. The highest BCUT2D eigenvalue weighted by molar-refractivity contribution is 7.89. The molecule has 0 aliphatic carbocycles. The van der Waals surface area contributed by atoms with Gasteiger partial charge in [0.25, 0.3) is 5.91 Å². The van der Waals surface area contributed by atoms with Crippen LogP contribution in [0.1, 0.15) is 37.0 Å². The van der Waals surface area contributed by atoms with Crippen molar-refractivity contribution in [2.24, 2.45) is 5.92 Å². The molecule has 0 spiro atoms. The molecule has 0 atom stereocenters. The molecule has 0 saturated carbocycles. The van der Waals surface area contributed by atoms with E-state index in [4.69, 9.17) is 0 Å². The van der Waals surface area contributed by atoms with Gasteiger partial charge < -0.3 is 10.2 Å². The maximum absolute atomic E-state index is 12.6. The molecule has 1 aliphatic rings. The molecular formula is C17H28ClN3O3S. The van der Waals surface area contributed by atoms with Crippen molar-refractivity contribution in [3.8, 4) is 0 Å². The summed E-state index contributed by atoms with van der Waals surface area (Å²) >= 11 is 0.